The monoisotopic (exact) mass is 521 g/mol. The van der Waals surface area contributed by atoms with E-state index in [-0.39, 0.29) is 12.4 Å². The molecule has 1 saturated heterocycles. The number of ether oxygens (including phenoxy) is 3. The first kappa shape index (κ1) is 27.8. The Labute approximate surface area is 225 Å². The van der Waals surface area contributed by atoms with Crippen LogP contribution in [0.25, 0.3) is 22.8 Å². The number of benzene rings is 2. The maximum Gasteiger partial charge on any atom is 0.308 e. The standard InChI is InChI=1S/C30H39N3O5/c1-21-9-6-7-15-33(21)26-13-12-24(18-25(26)20-35-5)29-31-28(32-38-29)23-11-8-10-22(17-23)19-36-16-14-27(34)37-30(2,3)4/h8,10-13,17-18,21H,6-7,9,14-16,19-20H2,1-5H3. The van der Waals surface area contributed by atoms with Crippen molar-refractivity contribution in [3.63, 3.8) is 0 Å². The Balaban J connectivity index is 1.42. The van der Waals surface area contributed by atoms with Gasteiger partial charge in [0.2, 0.25) is 5.82 Å². The van der Waals surface area contributed by atoms with E-state index in [2.05, 4.69) is 34.1 Å². The van der Waals surface area contributed by atoms with Crippen LogP contribution in [0, 0.1) is 0 Å². The molecule has 204 valence electrons. The Morgan fingerprint density at radius 1 is 1.11 bits per heavy atom. The molecule has 8 heteroatoms. The fourth-order valence-electron chi connectivity index (χ4n) is 4.72. The van der Waals surface area contributed by atoms with Crippen LogP contribution in [0.1, 0.15) is 64.5 Å². The SMILES string of the molecule is COCc1cc(-c2nc(-c3cccc(COCCC(=O)OC(C)(C)C)c3)no2)ccc1N1CCCCC1C. The van der Waals surface area contributed by atoms with E-state index in [0.29, 0.717) is 37.6 Å². The molecule has 0 N–H and O–H groups in total. The van der Waals surface area contributed by atoms with E-state index < -0.39 is 5.60 Å². The second-order valence-electron chi connectivity index (χ2n) is 10.8. The van der Waals surface area contributed by atoms with Crippen LogP contribution in [0.4, 0.5) is 5.69 Å². The summed E-state index contributed by atoms with van der Waals surface area (Å²) in [6.07, 6.45) is 3.90. The smallest absolute Gasteiger partial charge is 0.308 e. The normalized spacial score (nSPS) is 16.0. The Morgan fingerprint density at radius 2 is 1.95 bits per heavy atom. The number of nitrogens with zero attached hydrogens (tertiary/aromatic N) is 3. The van der Waals surface area contributed by atoms with Crippen LogP contribution in [-0.4, -0.2) is 48.0 Å². The van der Waals surface area contributed by atoms with Gasteiger partial charge in [0.25, 0.3) is 5.89 Å². The fourth-order valence-corrected chi connectivity index (χ4v) is 4.72. The number of piperidine rings is 1. The second-order valence-corrected chi connectivity index (χ2v) is 10.8. The average molecular weight is 522 g/mol. The van der Waals surface area contributed by atoms with Crippen molar-refractivity contribution in [1.82, 2.24) is 10.1 Å². The van der Waals surface area contributed by atoms with Gasteiger partial charge in [-0.05, 0) is 76.8 Å². The molecule has 0 amide bonds. The predicted octanol–water partition coefficient (Wildman–Crippen LogP) is 6.18. The van der Waals surface area contributed by atoms with E-state index >= 15 is 0 Å². The first-order chi connectivity index (χ1) is 18.2. The Morgan fingerprint density at radius 3 is 2.71 bits per heavy atom. The summed E-state index contributed by atoms with van der Waals surface area (Å²) >= 11 is 0. The van der Waals surface area contributed by atoms with E-state index in [9.17, 15) is 4.79 Å². The molecule has 0 aliphatic carbocycles. The van der Waals surface area contributed by atoms with Gasteiger partial charge in [0.05, 0.1) is 26.2 Å². The molecule has 1 aliphatic heterocycles. The van der Waals surface area contributed by atoms with Crippen molar-refractivity contribution in [3.8, 4) is 22.8 Å². The lowest BCUT2D eigenvalue weighted by Gasteiger charge is -2.36. The number of methoxy groups -OCH3 is 1. The third-order valence-corrected chi connectivity index (χ3v) is 6.49. The molecular formula is C30H39N3O5. The molecular weight excluding hydrogens is 482 g/mol. The van der Waals surface area contributed by atoms with Gasteiger partial charge in [0.15, 0.2) is 0 Å². The van der Waals surface area contributed by atoms with Gasteiger partial charge in [-0.25, -0.2) is 0 Å². The number of carbonyl (C=O) groups excluding carboxylic acids is 1. The quantitative estimate of drug-likeness (QED) is 0.231. The molecule has 1 fully saturated rings. The zero-order valence-corrected chi connectivity index (χ0v) is 23.2. The van der Waals surface area contributed by atoms with Gasteiger partial charge in [-0.2, -0.15) is 4.98 Å². The zero-order valence-electron chi connectivity index (χ0n) is 23.2. The van der Waals surface area contributed by atoms with E-state index in [1.807, 2.05) is 51.1 Å². The minimum atomic E-state index is -0.492. The summed E-state index contributed by atoms with van der Waals surface area (Å²) in [6, 6.07) is 14.6. The summed E-state index contributed by atoms with van der Waals surface area (Å²) in [6.45, 7) is 10.1. The molecule has 1 atom stereocenters. The van der Waals surface area contributed by atoms with E-state index in [4.69, 9.17) is 18.7 Å². The number of rotatable bonds is 10. The van der Waals surface area contributed by atoms with Crippen LogP contribution in [0.3, 0.4) is 0 Å². The molecule has 2 heterocycles. The van der Waals surface area contributed by atoms with E-state index in [0.717, 1.165) is 28.8 Å². The molecule has 0 radical (unpaired) electrons. The molecule has 0 saturated carbocycles. The number of carbonyl (C=O) groups is 1. The van der Waals surface area contributed by atoms with Gasteiger partial charge in [-0.15, -0.1) is 0 Å². The highest BCUT2D eigenvalue weighted by Gasteiger charge is 2.22. The summed E-state index contributed by atoms with van der Waals surface area (Å²) in [4.78, 5) is 19.0. The molecule has 2 aromatic carbocycles. The molecule has 1 aromatic heterocycles. The first-order valence-electron chi connectivity index (χ1n) is 13.3. The number of esters is 1. The summed E-state index contributed by atoms with van der Waals surface area (Å²) < 4.78 is 22.2. The van der Waals surface area contributed by atoms with Gasteiger partial charge < -0.3 is 23.6 Å². The number of anilines is 1. The maximum atomic E-state index is 11.9. The lowest BCUT2D eigenvalue weighted by Crippen LogP contribution is -2.38. The highest BCUT2D eigenvalue weighted by Crippen LogP contribution is 2.32. The van der Waals surface area contributed by atoms with Gasteiger partial charge >= 0.3 is 5.97 Å². The summed E-state index contributed by atoms with van der Waals surface area (Å²) in [5.41, 5.74) is 4.50. The van der Waals surface area contributed by atoms with Crippen molar-refractivity contribution >= 4 is 11.7 Å². The molecule has 0 bridgehead atoms. The minimum absolute atomic E-state index is 0.214. The van der Waals surface area contributed by atoms with Gasteiger partial charge in [-0.1, -0.05) is 23.4 Å². The van der Waals surface area contributed by atoms with Crippen LogP contribution in [-0.2, 0) is 32.2 Å². The van der Waals surface area contributed by atoms with Gasteiger partial charge in [0.1, 0.15) is 5.60 Å². The number of hydrogen-bond donors (Lipinski definition) is 0. The van der Waals surface area contributed by atoms with Crippen molar-refractivity contribution in [3.05, 3.63) is 53.6 Å². The van der Waals surface area contributed by atoms with E-state index in [1.54, 1.807) is 7.11 Å². The molecule has 8 nitrogen and oxygen atoms in total. The minimum Gasteiger partial charge on any atom is -0.460 e. The highest BCUT2D eigenvalue weighted by atomic mass is 16.6. The average Bonchev–Trinajstić information content (AvgIpc) is 3.37. The lowest BCUT2D eigenvalue weighted by molar-refractivity contribution is -0.156. The van der Waals surface area contributed by atoms with Crippen molar-refractivity contribution in [1.29, 1.82) is 0 Å². The molecule has 1 unspecified atom stereocenters. The zero-order chi connectivity index (χ0) is 27.1. The van der Waals surface area contributed by atoms with Crippen molar-refractivity contribution in [2.45, 2.75) is 78.2 Å². The van der Waals surface area contributed by atoms with Crippen LogP contribution >= 0.6 is 0 Å². The van der Waals surface area contributed by atoms with Crippen LogP contribution in [0.5, 0.6) is 0 Å². The number of aromatic nitrogens is 2. The van der Waals surface area contributed by atoms with Crippen LogP contribution < -0.4 is 4.90 Å². The Bertz CT molecular complexity index is 1220. The predicted molar refractivity (Wildman–Crippen MR) is 147 cm³/mol. The fraction of sp³-hybridized carbons (Fsp3) is 0.500. The van der Waals surface area contributed by atoms with Crippen LogP contribution in [0.2, 0.25) is 0 Å². The largest absolute Gasteiger partial charge is 0.460 e. The topological polar surface area (TPSA) is 86.9 Å². The molecule has 38 heavy (non-hydrogen) atoms. The molecule has 4 rings (SSSR count). The van der Waals surface area contributed by atoms with Gasteiger partial charge in [0, 0.05) is 42.1 Å². The van der Waals surface area contributed by atoms with Crippen molar-refractivity contribution < 1.29 is 23.5 Å². The third-order valence-electron chi connectivity index (χ3n) is 6.49. The first-order valence-corrected chi connectivity index (χ1v) is 13.3. The molecule has 3 aromatic rings. The van der Waals surface area contributed by atoms with E-state index in [1.165, 1.54) is 24.9 Å². The lowest BCUT2D eigenvalue weighted by atomic mass is 10.00. The van der Waals surface area contributed by atoms with Gasteiger partial charge in [-0.3, -0.25) is 4.79 Å². The summed E-state index contributed by atoms with van der Waals surface area (Å²) in [7, 11) is 1.72. The maximum absolute atomic E-state index is 11.9. The highest BCUT2D eigenvalue weighted by molar-refractivity contribution is 5.70. The van der Waals surface area contributed by atoms with Crippen molar-refractivity contribution in [2.24, 2.45) is 0 Å². The Kier molecular flexibility index (Phi) is 9.17. The summed E-state index contributed by atoms with van der Waals surface area (Å²) in [5, 5.41) is 4.23. The Hall–Kier alpha value is -3.23. The van der Waals surface area contributed by atoms with Crippen LogP contribution in [0.15, 0.2) is 47.0 Å². The second kappa shape index (κ2) is 12.5. The number of hydrogen-bond acceptors (Lipinski definition) is 8. The molecule has 1 aliphatic rings. The van der Waals surface area contributed by atoms with Crippen molar-refractivity contribution in [2.75, 3.05) is 25.2 Å². The summed E-state index contributed by atoms with van der Waals surface area (Å²) in [5.74, 6) is 0.713. The third kappa shape index (κ3) is 7.42. The molecule has 0 spiro atoms.